The van der Waals surface area contributed by atoms with Gasteiger partial charge in [0.05, 0.1) is 18.4 Å². The zero-order chi connectivity index (χ0) is 17.6. The lowest BCUT2D eigenvalue weighted by molar-refractivity contribution is -0.145. The van der Waals surface area contributed by atoms with Gasteiger partial charge in [-0.1, -0.05) is 17.7 Å². The van der Waals surface area contributed by atoms with E-state index in [0.29, 0.717) is 27.6 Å². The second kappa shape index (κ2) is 5.94. The summed E-state index contributed by atoms with van der Waals surface area (Å²) < 4.78 is 0. The Bertz CT molecular complexity index is 910. The van der Waals surface area contributed by atoms with E-state index in [1.54, 1.807) is 18.0 Å². The van der Waals surface area contributed by atoms with Crippen molar-refractivity contribution >= 4 is 35.3 Å². The van der Waals surface area contributed by atoms with E-state index in [4.69, 9.17) is 16.7 Å². The molecule has 3 atom stereocenters. The molecule has 0 amide bonds. The Labute approximate surface area is 142 Å². The standard InChI is InChI=1S/C17H16ClNO5/c1-19-11(7-13(21)22)15(17(23)24)10-4-2-8-6-9(18)3-5-12(20)14(8)16(10)19/h2-3,5-6,10-11,15H,4,7H2,1H3,(H,21,22)(H,23,24). The molecule has 3 rings (SSSR count). The van der Waals surface area contributed by atoms with Crippen LogP contribution in [0.4, 0.5) is 0 Å². The summed E-state index contributed by atoms with van der Waals surface area (Å²) in [6, 6.07) is 3.85. The molecule has 0 aromatic heterocycles. The van der Waals surface area contributed by atoms with Crippen LogP contribution in [-0.4, -0.2) is 40.1 Å². The molecule has 0 radical (unpaired) electrons. The molecule has 0 saturated carbocycles. The predicted octanol–water partition coefficient (Wildman–Crippen LogP) is 0.0983. The average molecular weight is 350 g/mol. The van der Waals surface area contributed by atoms with E-state index >= 15 is 0 Å². The topological polar surface area (TPSA) is 94.9 Å². The van der Waals surface area contributed by atoms with E-state index in [-0.39, 0.29) is 11.8 Å². The van der Waals surface area contributed by atoms with Gasteiger partial charge in [0.25, 0.3) is 0 Å². The molecule has 7 heteroatoms. The van der Waals surface area contributed by atoms with Gasteiger partial charge in [0.1, 0.15) is 0 Å². The number of halogens is 1. The minimum atomic E-state index is -1.06. The van der Waals surface area contributed by atoms with Crippen LogP contribution in [0.25, 0.3) is 11.8 Å². The number of carboxylic acids is 2. The molecule has 2 N–H and O–H groups in total. The fourth-order valence-electron chi connectivity index (χ4n) is 3.86. The van der Waals surface area contributed by atoms with E-state index < -0.39 is 29.8 Å². The van der Waals surface area contributed by atoms with Crippen molar-refractivity contribution in [1.82, 2.24) is 4.90 Å². The molecule has 1 fully saturated rings. The normalized spacial score (nSPS) is 24.8. The van der Waals surface area contributed by atoms with Crippen molar-refractivity contribution < 1.29 is 19.8 Å². The summed E-state index contributed by atoms with van der Waals surface area (Å²) in [5, 5.41) is 20.2. The smallest absolute Gasteiger partial charge is 0.309 e. The van der Waals surface area contributed by atoms with Crippen molar-refractivity contribution in [3.63, 3.8) is 0 Å². The SMILES string of the molecule is CN1C2=c3c(=O)ccc(Cl)cc3=CCC2C(C(=O)O)C1CC(=O)O. The Kier molecular flexibility index (Phi) is 4.09. The number of likely N-dealkylation sites (tertiary alicyclic amines) is 1. The first-order chi connectivity index (χ1) is 11.3. The number of fused-ring (bicyclic) bond motifs is 2. The Balaban J connectivity index is 2.33. The van der Waals surface area contributed by atoms with Crippen molar-refractivity contribution in [2.45, 2.75) is 18.9 Å². The maximum atomic E-state index is 12.5. The maximum Gasteiger partial charge on any atom is 0.309 e. The number of carboxylic acid groups (broad SMARTS) is 2. The average Bonchev–Trinajstić information content (AvgIpc) is 2.67. The molecule has 1 aromatic carbocycles. The van der Waals surface area contributed by atoms with Gasteiger partial charge in [-0.25, -0.2) is 0 Å². The van der Waals surface area contributed by atoms with Gasteiger partial charge in [0.2, 0.25) is 0 Å². The van der Waals surface area contributed by atoms with Gasteiger partial charge in [-0.2, -0.15) is 0 Å². The maximum absolute atomic E-state index is 12.5. The predicted molar refractivity (Wildman–Crippen MR) is 87.9 cm³/mol. The molecule has 1 heterocycles. The molecule has 1 aromatic rings. The minimum Gasteiger partial charge on any atom is -0.481 e. The van der Waals surface area contributed by atoms with Crippen LogP contribution in [0.1, 0.15) is 12.8 Å². The number of carbonyl (C=O) groups is 2. The van der Waals surface area contributed by atoms with E-state index in [0.717, 1.165) is 0 Å². The second-order valence-electron chi connectivity index (χ2n) is 6.13. The first kappa shape index (κ1) is 16.5. The highest BCUT2D eigenvalue weighted by molar-refractivity contribution is 6.30. The van der Waals surface area contributed by atoms with Crippen LogP contribution in [0.2, 0.25) is 5.02 Å². The molecule has 1 aliphatic carbocycles. The third-order valence-electron chi connectivity index (χ3n) is 4.82. The number of hydrogen-bond donors (Lipinski definition) is 2. The molecular weight excluding hydrogens is 334 g/mol. The lowest BCUT2D eigenvalue weighted by Gasteiger charge is -2.23. The van der Waals surface area contributed by atoms with Crippen LogP contribution in [0, 0.1) is 11.8 Å². The van der Waals surface area contributed by atoms with Gasteiger partial charge in [-0.3, -0.25) is 14.4 Å². The monoisotopic (exact) mass is 349 g/mol. The van der Waals surface area contributed by atoms with Crippen molar-refractivity contribution in [3.8, 4) is 0 Å². The summed E-state index contributed by atoms with van der Waals surface area (Å²) >= 11 is 6.04. The Hall–Kier alpha value is -2.34. The number of aliphatic carboxylic acids is 2. The van der Waals surface area contributed by atoms with Crippen molar-refractivity contribution in [1.29, 1.82) is 0 Å². The first-order valence-corrected chi connectivity index (χ1v) is 7.90. The summed E-state index contributed by atoms with van der Waals surface area (Å²) in [7, 11) is 1.65. The van der Waals surface area contributed by atoms with Crippen molar-refractivity contribution in [3.05, 3.63) is 43.9 Å². The van der Waals surface area contributed by atoms with Gasteiger partial charge < -0.3 is 15.1 Å². The third kappa shape index (κ3) is 2.57. The Morgan fingerprint density at radius 3 is 2.67 bits per heavy atom. The molecule has 2 aliphatic rings. The Morgan fingerprint density at radius 1 is 1.33 bits per heavy atom. The third-order valence-corrected chi connectivity index (χ3v) is 5.05. The molecular formula is C17H16ClNO5. The highest BCUT2D eigenvalue weighted by Gasteiger charge is 2.48. The molecule has 0 bridgehead atoms. The molecule has 126 valence electrons. The van der Waals surface area contributed by atoms with Crippen LogP contribution in [0.5, 0.6) is 0 Å². The van der Waals surface area contributed by atoms with Gasteiger partial charge >= 0.3 is 11.9 Å². The molecule has 24 heavy (non-hydrogen) atoms. The molecule has 3 unspecified atom stereocenters. The van der Waals surface area contributed by atoms with Crippen LogP contribution in [0.15, 0.2) is 23.0 Å². The minimum absolute atomic E-state index is 0.250. The molecule has 1 aliphatic heterocycles. The quantitative estimate of drug-likeness (QED) is 0.803. The first-order valence-electron chi connectivity index (χ1n) is 7.53. The van der Waals surface area contributed by atoms with Crippen molar-refractivity contribution in [2.24, 2.45) is 11.8 Å². The lowest BCUT2D eigenvalue weighted by Crippen LogP contribution is -2.44. The van der Waals surface area contributed by atoms with Gasteiger partial charge in [-0.05, 0) is 29.8 Å². The number of nitrogens with zero attached hydrogens (tertiary/aromatic N) is 1. The zero-order valence-corrected chi connectivity index (χ0v) is 13.7. The molecule has 6 nitrogen and oxygen atoms in total. The molecule has 1 saturated heterocycles. The van der Waals surface area contributed by atoms with Crippen LogP contribution in [0.3, 0.4) is 0 Å². The van der Waals surface area contributed by atoms with Gasteiger partial charge in [0.15, 0.2) is 5.43 Å². The summed E-state index contributed by atoms with van der Waals surface area (Å²) in [6.45, 7) is 0. The fourth-order valence-corrected chi connectivity index (χ4v) is 4.04. The Morgan fingerprint density at radius 2 is 2.04 bits per heavy atom. The number of hydrogen-bond acceptors (Lipinski definition) is 4. The van der Waals surface area contributed by atoms with E-state index in [2.05, 4.69) is 0 Å². The van der Waals surface area contributed by atoms with E-state index in [9.17, 15) is 19.5 Å². The van der Waals surface area contributed by atoms with E-state index in [1.807, 2.05) is 6.08 Å². The summed E-state index contributed by atoms with van der Waals surface area (Å²) in [5.74, 6) is -3.40. The number of rotatable bonds is 3. The van der Waals surface area contributed by atoms with Crippen LogP contribution < -0.4 is 15.9 Å². The van der Waals surface area contributed by atoms with E-state index in [1.165, 1.54) is 12.1 Å². The summed E-state index contributed by atoms with van der Waals surface area (Å²) in [6.07, 6.45) is 1.94. The summed E-state index contributed by atoms with van der Waals surface area (Å²) in [5.41, 5.74) is 0.350. The second-order valence-corrected chi connectivity index (χ2v) is 6.57. The largest absolute Gasteiger partial charge is 0.481 e. The molecule has 0 spiro atoms. The fraction of sp³-hybridized carbons (Fsp3) is 0.353. The van der Waals surface area contributed by atoms with Crippen LogP contribution >= 0.6 is 11.6 Å². The van der Waals surface area contributed by atoms with Gasteiger partial charge in [0, 0.05) is 28.9 Å². The van der Waals surface area contributed by atoms with Gasteiger partial charge in [-0.15, -0.1) is 0 Å². The van der Waals surface area contributed by atoms with Crippen molar-refractivity contribution in [2.75, 3.05) is 7.05 Å². The highest BCUT2D eigenvalue weighted by Crippen LogP contribution is 2.42. The van der Waals surface area contributed by atoms with Crippen LogP contribution in [-0.2, 0) is 9.59 Å². The lowest BCUT2D eigenvalue weighted by atomic mass is 9.83. The summed E-state index contributed by atoms with van der Waals surface area (Å²) in [4.78, 5) is 37.1. The zero-order valence-electron chi connectivity index (χ0n) is 12.9. The highest BCUT2D eigenvalue weighted by atomic mass is 35.5.